The number of esters is 2. The molecule has 10 rings (SSSR count). The molecule has 0 aliphatic carbocycles. The first-order valence-electron chi connectivity index (χ1n) is 36.0. The van der Waals surface area contributed by atoms with Crippen molar-refractivity contribution in [2.45, 2.75) is 114 Å². The van der Waals surface area contributed by atoms with Gasteiger partial charge in [-0.05, 0) is 162 Å². The van der Waals surface area contributed by atoms with Gasteiger partial charge in [-0.15, -0.1) is 0 Å². The van der Waals surface area contributed by atoms with E-state index < -0.39 is 91.7 Å². The van der Waals surface area contributed by atoms with Gasteiger partial charge in [0.2, 0.25) is 41.4 Å². The van der Waals surface area contributed by atoms with Crippen LogP contribution in [0.25, 0.3) is 65.3 Å². The highest BCUT2D eigenvalue weighted by Crippen LogP contribution is 2.51. The van der Waals surface area contributed by atoms with Gasteiger partial charge < -0.3 is 76.9 Å². The third-order valence-corrected chi connectivity index (χ3v) is 19.7. The van der Waals surface area contributed by atoms with Crippen LogP contribution in [-0.2, 0) is 73.5 Å². The number of methoxy groups -OCH3 is 6. The fourth-order valence-electron chi connectivity index (χ4n) is 13.9. The lowest BCUT2D eigenvalue weighted by atomic mass is 9.87. The molecule has 0 fully saturated rings. The molecule has 2 aliphatic rings. The molecule has 2 unspecified atom stereocenters. The van der Waals surface area contributed by atoms with Gasteiger partial charge in [0.1, 0.15) is 59.2 Å². The zero-order valence-electron chi connectivity index (χ0n) is 63.4. The zero-order valence-corrected chi connectivity index (χ0v) is 65.0. The van der Waals surface area contributed by atoms with Gasteiger partial charge in [0, 0.05) is 73.8 Å². The summed E-state index contributed by atoms with van der Waals surface area (Å²) < 4.78 is 35.0. The average Bonchev–Trinajstić information content (AvgIpc) is 0.743. The highest BCUT2D eigenvalue weighted by Gasteiger charge is 2.35. The molecular weight excluding hydrogens is 1440 g/mol. The van der Waals surface area contributed by atoms with Crippen LogP contribution in [0.4, 0.5) is 0 Å². The molecule has 8 bridgehead atoms. The van der Waals surface area contributed by atoms with Gasteiger partial charge >= 0.3 is 11.9 Å². The van der Waals surface area contributed by atoms with Crippen LogP contribution in [0.15, 0.2) is 156 Å². The number of carbonyl (C=O) groups is 8. The van der Waals surface area contributed by atoms with E-state index in [1.807, 2.05) is 141 Å². The molecule has 2 heterocycles. The third-order valence-electron chi connectivity index (χ3n) is 18.8. The van der Waals surface area contributed by atoms with Crippen LogP contribution < -0.4 is 72.2 Å². The number of rotatable bonds is 17. The summed E-state index contributed by atoms with van der Waals surface area (Å²) in [6.45, 7) is 7.13. The number of halogens is 1. The molecule has 0 saturated heterocycles. The van der Waals surface area contributed by atoms with Crippen LogP contribution >= 0.6 is 19.8 Å². The summed E-state index contributed by atoms with van der Waals surface area (Å²) >= 11 is 5.52. The third kappa shape index (κ3) is 20.6. The predicted molar refractivity (Wildman–Crippen MR) is 432 cm³/mol. The SMILES string of the molecule is COC(=O)[C@@H]1CC=CCc2cc3ccccc3c(c2OC)-c2c(OC)c(cc3ccccc23)CC(NC(C)=O)C(=O)N[C@H](CCCN=C(N)NCl)C(=O)N1.COC(=O)[C@@H]1CC=CCc2cc3ccccc3c(c2OC)-c2c(OC)c(cc3ccccc23)CC(NC(C)=O)C(=O)N[C@H](CCCN=C(N)NP(C)C)C(=O)N1. The lowest BCUT2D eigenvalue weighted by Gasteiger charge is -2.26. The Morgan fingerprint density at radius 1 is 0.473 bits per heavy atom. The number of guanidine groups is 2. The minimum atomic E-state index is -1.13. The Bertz CT molecular complexity index is 4860. The second-order valence-corrected chi connectivity index (χ2v) is 28.8. The number of allylic oxidation sites excluding steroid dienone is 2. The molecule has 0 spiro atoms. The van der Waals surface area contributed by atoms with E-state index in [0.717, 1.165) is 76.5 Å². The van der Waals surface area contributed by atoms with Crippen LogP contribution in [0.3, 0.4) is 0 Å². The van der Waals surface area contributed by atoms with Crippen molar-refractivity contribution >= 4 is 122 Å². The van der Waals surface area contributed by atoms with Gasteiger partial charge in [-0.1, -0.05) is 121 Å². The summed E-state index contributed by atoms with van der Waals surface area (Å²) in [5.41, 5.74) is 17.9. The fourth-order valence-corrected chi connectivity index (χ4v) is 14.5. The van der Waals surface area contributed by atoms with Gasteiger partial charge in [0.15, 0.2) is 5.96 Å². The number of nitrogens with two attached hydrogens (primary N) is 2. The lowest BCUT2D eigenvalue weighted by molar-refractivity contribution is -0.145. The van der Waals surface area contributed by atoms with Crippen molar-refractivity contribution in [3.05, 3.63) is 168 Å². The second-order valence-electron chi connectivity index (χ2n) is 26.6. The van der Waals surface area contributed by atoms with Crippen LogP contribution in [0.1, 0.15) is 74.6 Å². The van der Waals surface area contributed by atoms with Crippen LogP contribution in [-0.4, -0.2) is 165 Å². The molecule has 26 nitrogen and oxygen atoms in total. The van der Waals surface area contributed by atoms with E-state index in [2.05, 4.69) is 63.9 Å². The number of nitrogens with one attached hydrogen (secondary N) is 8. The summed E-state index contributed by atoms with van der Waals surface area (Å²) in [6, 6.07) is 33.3. The van der Waals surface area contributed by atoms with E-state index in [9.17, 15) is 38.4 Å². The monoisotopic (exact) mass is 1540 g/mol. The molecule has 8 aromatic carbocycles. The van der Waals surface area contributed by atoms with Crippen molar-refractivity contribution in [1.82, 2.24) is 41.8 Å². The zero-order chi connectivity index (χ0) is 79.1. The largest absolute Gasteiger partial charge is 0.496 e. The first kappa shape index (κ1) is 82.6. The molecule has 2 aliphatic heterocycles. The predicted octanol–water partition coefficient (Wildman–Crippen LogP) is 8.92. The molecule has 8 aromatic rings. The summed E-state index contributed by atoms with van der Waals surface area (Å²) in [5.74, 6) is -2.00. The maximum Gasteiger partial charge on any atom is 0.328 e. The Labute approximate surface area is 645 Å². The van der Waals surface area contributed by atoms with Gasteiger partial charge in [0.25, 0.3) is 0 Å². The topological polar surface area (TPSA) is 365 Å². The van der Waals surface area contributed by atoms with E-state index >= 15 is 0 Å². The Hall–Kier alpha value is -11.5. The first-order valence-corrected chi connectivity index (χ1v) is 38.6. The van der Waals surface area contributed by atoms with E-state index in [-0.39, 0.29) is 57.6 Å². The number of amides is 6. The molecule has 6 amide bonds. The van der Waals surface area contributed by atoms with E-state index in [0.29, 0.717) is 65.8 Å². The van der Waals surface area contributed by atoms with Crippen molar-refractivity contribution in [3.8, 4) is 45.3 Å². The van der Waals surface area contributed by atoms with Gasteiger partial charge in [-0.25, -0.2) is 9.59 Å². The van der Waals surface area contributed by atoms with Crippen molar-refractivity contribution in [3.63, 3.8) is 0 Å². The highest BCUT2D eigenvalue weighted by molar-refractivity contribution is 7.54. The minimum Gasteiger partial charge on any atom is -0.496 e. The number of aliphatic imine (C=N–C) groups is 2. The Balaban J connectivity index is 0.000000253. The van der Waals surface area contributed by atoms with Crippen molar-refractivity contribution in [1.29, 1.82) is 0 Å². The van der Waals surface area contributed by atoms with Crippen LogP contribution in [0.2, 0.25) is 0 Å². The minimum absolute atomic E-state index is 0.00129. The Morgan fingerprint density at radius 2 is 0.800 bits per heavy atom. The number of nitrogens with zero attached hydrogens (tertiary/aromatic N) is 2. The summed E-state index contributed by atoms with van der Waals surface area (Å²) in [6.07, 6.45) is 9.61. The molecule has 0 radical (unpaired) electrons. The number of carbonyl (C=O) groups excluding carboxylic acids is 8. The van der Waals surface area contributed by atoms with Gasteiger partial charge in [-0.3, -0.25) is 43.6 Å². The number of benzene rings is 8. The number of hydrogen-bond donors (Lipinski definition) is 10. The molecular formula is C82H96ClN12O14P. The molecule has 6 atom stereocenters. The number of hydrogen-bond acceptors (Lipinski definition) is 16. The molecule has 0 aromatic heterocycles. The van der Waals surface area contributed by atoms with Gasteiger partial charge in [-0.2, -0.15) is 0 Å². The maximum absolute atomic E-state index is 14.3. The number of fused-ring (bicyclic) bond motifs is 18. The number of ether oxygens (including phenoxy) is 6. The smallest absolute Gasteiger partial charge is 0.328 e. The summed E-state index contributed by atoms with van der Waals surface area (Å²) in [5, 5.41) is 27.3. The standard InChI is InChI=1S/C42H51N6O7P.C40H45ClN6O7/c1-25(49)45-34-24-29-23-27-15-8-11-18-31(27)36(38(29)54-3)35-30-17-10-7-14-26(30)22-28(37(35)53-2)16-9-12-19-33(41(52)55-4)47-39(50)32(46-40(34)51)20-13-21-44-42(43)48-56(5)6;1-23(48)44-32-22-27-21-25-13-6-9-16-29(25)34(36(27)53-3)33-28-15-8-5-12-24(28)20-26(35(33)52-2)14-7-10-17-31(39(51)54-4)46-37(49)30(45-38(32)50)18-11-19-43-40(42)47-41/h7-12,14-15,17-18,22-23,32-34H,13,16,19-21,24H2,1-6H3,(H,45,49)(H,46,51)(H,47,50)(H3,43,44,48);5-10,12-13,15-16,20-21,30-32H,11,14,17-19,22H2,1-4H3,(H,44,48)(H,45,50)(H,46,49)(H3,42,43,47)/t32-,33+,34?;30-,31+,32?/m11/s1. The van der Waals surface area contributed by atoms with Crippen molar-refractivity contribution in [2.24, 2.45) is 21.5 Å². The van der Waals surface area contributed by atoms with Crippen molar-refractivity contribution in [2.75, 3.05) is 69.1 Å². The van der Waals surface area contributed by atoms with Crippen LogP contribution in [0, 0.1) is 0 Å². The Morgan fingerprint density at radius 3 is 1.12 bits per heavy atom. The van der Waals surface area contributed by atoms with E-state index in [1.54, 1.807) is 34.5 Å². The Kier molecular flexibility index (Phi) is 29.7. The fraction of sp³-hybridized carbons (Fsp3) is 0.341. The average molecular weight is 1540 g/mol. The van der Waals surface area contributed by atoms with Gasteiger partial charge in [0.05, 0.1) is 42.7 Å². The van der Waals surface area contributed by atoms with Crippen molar-refractivity contribution < 1.29 is 66.8 Å². The normalized spacial score (nSPS) is 18.1. The maximum atomic E-state index is 14.3. The summed E-state index contributed by atoms with van der Waals surface area (Å²) in [7, 11) is 8.39. The molecule has 28 heteroatoms. The molecule has 580 valence electrons. The van der Waals surface area contributed by atoms with E-state index in [1.165, 1.54) is 28.1 Å². The molecule has 0 saturated carbocycles. The summed E-state index contributed by atoms with van der Waals surface area (Å²) in [4.78, 5) is 118. The second kappa shape index (κ2) is 39.6. The highest BCUT2D eigenvalue weighted by atomic mass is 35.5. The molecule has 12 N–H and O–H groups in total. The lowest BCUT2D eigenvalue weighted by Crippen LogP contribution is -2.56. The molecule has 110 heavy (non-hydrogen) atoms. The quantitative estimate of drug-likeness (QED) is 0.00773. The van der Waals surface area contributed by atoms with E-state index in [4.69, 9.17) is 51.7 Å². The first-order chi connectivity index (χ1) is 53.0. The van der Waals surface area contributed by atoms with Crippen LogP contribution in [0.5, 0.6) is 23.0 Å².